The van der Waals surface area contributed by atoms with Gasteiger partial charge in [0.15, 0.2) is 11.5 Å². The predicted octanol–water partition coefficient (Wildman–Crippen LogP) is 3.03. The highest BCUT2D eigenvalue weighted by atomic mass is 16.7. The molecule has 28 heavy (non-hydrogen) atoms. The fraction of sp³-hybridized carbons (Fsp3) is 0.190. The topological polar surface area (TPSA) is 84.5 Å². The van der Waals surface area contributed by atoms with E-state index in [2.05, 4.69) is 9.97 Å². The summed E-state index contributed by atoms with van der Waals surface area (Å²) in [6.07, 6.45) is 1.37. The number of aromatic amines is 1. The van der Waals surface area contributed by atoms with Gasteiger partial charge in [0.05, 0.1) is 6.33 Å². The Hall–Kier alpha value is -3.61. The average molecular weight is 377 g/mol. The molecule has 2 heterocycles. The van der Waals surface area contributed by atoms with E-state index in [4.69, 9.17) is 9.47 Å². The lowest BCUT2D eigenvalue weighted by atomic mass is 10.1. The zero-order valence-corrected chi connectivity index (χ0v) is 15.3. The number of fused-ring (bicyclic) bond motifs is 1. The number of benzene rings is 2. The van der Waals surface area contributed by atoms with Crippen molar-refractivity contribution in [2.75, 3.05) is 13.3 Å². The first-order chi connectivity index (χ1) is 13.7. The maximum absolute atomic E-state index is 13.1. The molecule has 7 heteroatoms. The summed E-state index contributed by atoms with van der Waals surface area (Å²) in [5.74, 6) is 0.797. The number of rotatable bonds is 6. The summed E-state index contributed by atoms with van der Waals surface area (Å²) in [5.41, 5.74) is 1.72. The molecule has 0 saturated carbocycles. The van der Waals surface area contributed by atoms with Crippen LogP contribution in [0.3, 0.4) is 0 Å². The number of amides is 1. The number of H-pyrrole nitrogens is 1. The predicted molar refractivity (Wildman–Crippen MR) is 101 cm³/mol. The molecule has 0 atom stereocenters. The molecule has 1 aromatic heterocycles. The van der Waals surface area contributed by atoms with Gasteiger partial charge in [0.1, 0.15) is 11.4 Å². The van der Waals surface area contributed by atoms with Crippen LogP contribution in [0.1, 0.15) is 39.0 Å². The smallest absolute Gasteiger partial charge is 0.273 e. The van der Waals surface area contributed by atoms with Gasteiger partial charge in [-0.3, -0.25) is 9.59 Å². The van der Waals surface area contributed by atoms with Crippen molar-refractivity contribution >= 4 is 11.7 Å². The fourth-order valence-corrected chi connectivity index (χ4v) is 3.10. The second kappa shape index (κ2) is 7.56. The van der Waals surface area contributed by atoms with Gasteiger partial charge in [-0.15, -0.1) is 0 Å². The zero-order valence-electron chi connectivity index (χ0n) is 15.3. The summed E-state index contributed by atoms with van der Waals surface area (Å²) < 4.78 is 10.7. The number of nitrogens with one attached hydrogen (secondary N) is 1. The van der Waals surface area contributed by atoms with Crippen LogP contribution < -0.4 is 9.47 Å². The first-order valence-electron chi connectivity index (χ1n) is 8.98. The first-order valence-corrected chi connectivity index (χ1v) is 8.98. The van der Waals surface area contributed by atoms with E-state index < -0.39 is 0 Å². The Labute approximate surface area is 161 Å². The zero-order chi connectivity index (χ0) is 19.5. The van der Waals surface area contributed by atoms with E-state index in [0.717, 1.165) is 5.56 Å². The Balaban J connectivity index is 1.56. The lowest BCUT2D eigenvalue weighted by Gasteiger charge is -2.21. The van der Waals surface area contributed by atoms with Gasteiger partial charge in [-0.25, -0.2) is 4.98 Å². The van der Waals surface area contributed by atoms with Crippen molar-refractivity contribution in [3.8, 4) is 11.5 Å². The van der Waals surface area contributed by atoms with Crippen LogP contribution >= 0.6 is 0 Å². The summed E-state index contributed by atoms with van der Waals surface area (Å²) in [5, 5.41) is 0. The van der Waals surface area contributed by atoms with Crippen molar-refractivity contribution in [3.63, 3.8) is 0 Å². The van der Waals surface area contributed by atoms with Crippen molar-refractivity contribution in [1.29, 1.82) is 0 Å². The molecule has 7 nitrogen and oxygen atoms in total. The Morgan fingerprint density at radius 1 is 1.11 bits per heavy atom. The second-order valence-corrected chi connectivity index (χ2v) is 6.33. The summed E-state index contributed by atoms with van der Waals surface area (Å²) in [4.78, 5) is 34.4. The van der Waals surface area contributed by atoms with E-state index in [1.54, 1.807) is 29.2 Å². The van der Waals surface area contributed by atoms with Gasteiger partial charge in [-0.05, 0) is 24.6 Å². The molecule has 3 aromatic rings. The van der Waals surface area contributed by atoms with E-state index in [1.807, 2.05) is 31.2 Å². The number of nitrogens with zero attached hydrogens (tertiary/aromatic N) is 2. The Morgan fingerprint density at radius 2 is 1.89 bits per heavy atom. The number of carbonyl (C=O) groups is 2. The van der Waals surface area contributed by atoms with E-state index >= 15 is 0 Å². The van der Waals surface area contributed by atoms with Gasteiger partial charge in [0.2, 0.25) is 12.6 Å². The standard InChI is InChI=1S/C21H19N3O4/c1-2-24(11-14-8-9-16-17(10-14)28-13-27-16)21(26)19-18(22-12-23-19)20(25)15-6-4-3-5-7-15/h3-10,12H,2,11,13H2,1H3,(H,22,23). The van der Waals surface area contributed by atoms with Gasteiger partial charge < -0.3 is 19.4 Å². The number of ketones is 1. The quantitative estimate of drug-likeness (QED) is 0.668. The SMILES string of the molecule is CCN(Cc1ccc2c(c1)OCO2)C(=O)c1[nH]cnc1C(=O)c1ccccc1. The molecule has 2 aromatic carbocycles. The summed E-state index contributed by atoms with van der Waals surface area (Å²) in [6, 6.07) is 14.4. The molecule has 1 aliphatic rings. The van der Waals surface area contributed by atoms with Crippen LogP contribution in [0.5, 0.6) is 11.5 Å². The van der Waals surface area contributed by atoms with Crippen LogP contribution in [-0.2, 0) is 6.54 Å². The third-order valence-corrected chi connectivity index (χ3v) is 4.58. The van der Waals surface area contributed by atoms with E-state index in [0.29, 0.717) is 30.2 Å². The molecular formula is C21H19N3O4. The summed E-state index contributed by atoms with van der Waals surface area (Å²) >= 11 is 0. The second-order valence-electron chi connectivity index (χ2n) is 6.33. The normalized spacial score (nSPS) is 12.0. The third-order valence-electron chi connectivity index (χ3n) is 4.58. The van der Waals surface area contributed by atoms with E-state index in [-0.39, 0.29) is 29.9 Å². The van der Waals surface area contributed by atoms with Gasteiger partial charge in [-0.2, -0.15) is 0 Å². The molecular weight excluding hydrogens is 358 g/mol. The highest BCUT2D eigenvalue weighted by Gasteiger charge is 2.25. The monoisotopic (exact) mass is 377 g/mol. The summed E-state index contributed by atoms with van der Waals surface area (Å²) in [6.45, 7) is 2.95. The number of aromatic nitrogens is 2. The molecule has 0 aliphatic carbocycles. The van der Waals surface area contributed by atoms with E-state index in [1.165, 1.54) is 6.33 Å². The number of hydrogen-bond donors (Lipinski definition) is 1. The molecule has 0 bridgehead atoms. The maximum Gasteiger partial charge on any atom is 0.273 e. The Bertz CT molecular complexity index is 1010. The number of carbonyl (C=O) groups excluding carboxylic acids is 2. The van der Waals surface area contributed by atoms with Gasteiger partial charge in [-0.1, -0.05) is 36.4 Å². The highest BCUT2D eigenvalue weighted by molar-refractivity contribution is 6.13. The molecule has 1 aliphatic heterocycles. The Morgan fingerprint density at radius 3 is 2.68 bits per heavy atom. The maximum atomic E-state index is 13.1. The van der Waals surface area contributed by atoms with Crippen molar-refractivity contribution < 1.29 is 19.1 Å². The number of ether oxygens (including phenoxy) is 2. The van der Waals surface area contributed by atoms with Crippen molar-refractivity contribution in [3.05, 3.63) is 77.4 Å². The third kappa shape index (κ3) is 3.34. The molecule has 1 N–H and O–H groups in total. The van der Waals surface area contributed by atoms with Gasteiger partial charge in [0.25, 0.3) is 5.91 Å². The molecule has 0 unspecified atom stereocenters. The molecule has 0 fully saturated rings. The van der Waals surface area contributed by atoms with Crippen LogP contribution in [-0.4, -0.2) is 39.9 Å². The van der Waals surface area contributed by atoms with Crippen LogP contribution in [0, 0.1) is 0 Å². The van der Waals surface area contributed by atoms with Crippen molar-refractivity contribution in [1.82, 2.24) is 14.9 Å². The Kier molecular flexibility index (Phi) is 4.80. The minimum Gasteiger partial charge on any atom is -0.454 e. The van der Waals surface area contributed by atoms with E-state index in [9.17, 15) is 9.59 Å². The lowest BCUT2D eigenvalue weighted by molar-refractivity contribution is 0.0742. The molecule has 0 radical (unpaired) electrons. The van der Waals surface area contributed by atoms with Crippen LogP contribution in [0.2, 0.25) is 0 Å². The van der Waals surface area contributed by atoms with Crippen LogP contribution in [0.15, 0.2) is 54.9 Å². The van der Waals surface area contributed by atoms with Crippen LogP contribution in [0.4, 0.5) is 0 Å². The van der Waals surface area contributed by atoms with Crippen molar-refractivity contribution in [2.45, 2.75) is 13.5 Å². The summed E-state index contributed by atoms with van der Waals surface area (Å²) in [7, 11) is 0. The molecule has 1 amide bonds. The molecule has 142 valence electrons. The first kappa shape index (κ1) is 17.8. The molecule has 4 rings (SSSR count). The van der Waals surface area contributed by atoms with Gasteiger partial charge >= 0.3 is 0 Å². The molecule has 0 spiro atoms. The number of hydrogen-bond acceptors (Lipinski definition) is 5. The van der Waals surface area contributed by atoms with Gasteiger partial charge in [0, 0.05) is 18.7 Å². The lowest BCUT2D eigenvalue weighted by Crippen LogP contribution is -2.31. The molecule has 0 saturated heterocycles. The van der Waals surface area contributed by atoms with Crippen molar-refractivity contribution in [2.24, 2.45) is 0 Å². The number of imidazole rings is 1. The highest BCUT2D eigenvalue weighted by Crippen LogP contribution is 2.32. The minimum absolute atomic E-state index is 0.125. The average Bonchev–Trinajstić information content (AvgIpc) is 3.40. The largest absolute Gasteiger partial charge is 0.454 e. The fourth-order valence-electron chi connectivity index (χ4n) is 3.10. The van der Waals surface area contributed by atoms with Crippen LogP contribution in [0.25, 0.3) is 0 Å². The minimum atomic E-state index is -0.288.